The molecule has 1 fully saturated rings. The van der Waals surface area contributed by atoms with Crippen LogP contribution in [0.1, 0.15) is 126 Å². The van der Waals surface area contributed by atoms with Crippen LogP contribution in [0.2, 0.25) is 0 Å². The van der Waals surface area contributed by atoms with Crippen molar-refractivity contribution in [2.24, 2.45) is 5.16 Å². The van der Waals surface area contributed by atoms with Gasteiger partial charge in [0.2, 0.25) is 17.7 Å². The number of aliphatic carboxylic acids is 3. The molecule has 1 atom stereocenters. The number of aryl methyl sites for hydroxylation is 4. The minimum atomic E-state index is -4.42. The molecule has 36 heteroatoms. The number of halogens is 6. The molecule has 5 heterocycles. The van der Waals surface area contributed by atoms with Gasteiger partial charge in [0.05, 0.1) is 79.1 Å². The van der Waals surface area contributed by atoms with E-state index in [9.17, 15) is 70.1 Å². The Morgan fingerprint density at radius 2 is 1.11 bits per heavy atom. The van der Waals surface area contributed by atoms with Crippen LogP contribution in [-0.2, 0) is 95.1 Å². The molecule has 738 valence electrons. The first kappa shape index (κ1) is 105. The summed E-state index contributed by atoms with van der Waals surface area (Å²) in [5.74, 6) is 2.56. The summed E-state index contributed by atoms with van der Waals surface area (Å²) in [6, 6.07) is 73.7. The van der Waals surface area contributed by atoms with E-state index >= 15 is 0 Å². The maximum atomic E-state index is 13.0. The summed E-state index contributed by atoms with van der Waals surface area (Å²) in [4.78, 5) is 106. The fourth-order valence-electron chi connectivity index (χ4n) is 14.0. The number of nitrogens with one attached hydrogen (secondary N) is 2. The van der Waals surface area contributed by atoms with Crippen LogP contribution >= 0.6 is 23.1 Å². The molecule has 5 N–H and O–H groups in total. The Morgan fingerprint density at radius 3 is 1.68 bits per heavy atom. The molecule has 4 amide bonds. The summed E-state index contributed by atoms with van der Waals surface area (Å²) in [5, 5.41) is 36.4. The maximum absolute atomic E-state index is 13.0. The van der Waals surface area contributed by atoms with Crippen molar-refractivity contribution in [3.05, 3.63) is 362 Å². The summed E-state index contributed by atoms with van der Waals surface area (Å²) >= 11 is 2.34. The third-order valence-electron chi connectivity index (χ3n) is 21.6. The molecule has 1 aliphatic rings. The number of oxazole rings is 2. The van der Waals surface area contributed by atoms with Gasteiger partial charge in [-0.15, -0.1) is 11.3 Å². The smallest absolute Gasteiger partial charge is 0.416 e. The molecule has 28 nitrogen and oxygen atoms in total. The lowest BCUT2D eigenvalue weighted by Gasteiger charge is -2.24. The normalized spacial score (nSPS) is 12.4. The number of carboxylic acids is 3. The molecule has 142 heavy (non-hydrogen) atoms. The van der Waals surface area contributed by atoms with E-state index in [4.69, 9.17) is 51.6 Å². The standard InChI is InChI=1S/C29H29F3N2O4S.C29H28N2O7.C28H26N2O5.C20H17F3N2O4S/c1-18-14-20(7-12-24(18)38-28(3,4)27(35)36)15-34(16-23-6-5-13-37-23)17-25-19(2)33-26(39-25)21-8-10-22(11-9-21)29(30,31)32;1-20-26(30-28(37-20)22-6-4-3-5-7-22)16-17-36-24-10-8-21(9-11-24)18-31(19-27(32)33)29(34)38-25-14-12-23(35-2)13-15-25;1-20-26(29-28(35-20)23-10-6-3-7-11-23)19-33-24-14-12-21(13-15-24)18-34-30-25(16-17-27(31)32)22-8-4-2-5-9-22;1-29-15-7-4-12(9-16-18(27)25-19(28)30-16)8-14(15)17(26)24-10-11-2-5-13(6-3-11)20(21,22)23/h5-14H,15-17H2,1-4H3,(H,35,36);3-15H,16-19H2,1-2H3,(H,32,33);2-15H,16-19H2,1H3,(H,31,32);2-8,16H,9-10H2,1H3,(H,24,26)(H,25,27,28)/b;;30-25+;. The van der Waals surface area contributed by atoms with E-state index < -0.39 is 76.0 Å². The van der Waals surface area contributed by atoms with Gasteiger partial charge >= 0.3 is 36.4 Å². The predicted molar refractivity (Wildman–Crippen MR) is 518 cm³/mol. The van der Waals surface area contributed by atoms with Gasteiger partial charge in [0, 0.05) is 60.6 Å². The zero-order valence-corrected chi connectivity index (χ0v) is 79.9. The van der Waals surface area contributed by atoms with Gasteiger partial charge in [-0.2, -0.15) is 26.3 Å². The molecule has 4 aromatic heterocycles. The van der Waals surface area contributed by atoms with E-state index in [0.29, 0.717) is 114 Å². The van der Waals surface area contributed by atoms with Crippen molar-refractivity contribution >= 4 is 69.9 Å². The van der Waals surface area contributed by atoms with Crippen LogP contribution < -0.4 is 39.1 Å². The number of amides is 4. The first-order valence-corrected chi connectivity index (χ1v) is 46.0. The minimum absolute atomic E-state index is 0.0129. The van der Waals surface area contributed by atoms with Crippen molar-refractivity contribution in [1.82, 2.24) is 35.4 Å². The van der Waals surface area contributed by atoms with Crippen molar-refractivity contribution in [3.8, 4) is 68.0 Å². The highest BCUT2D eigenvalue weighted by atomic mass is 32.2. The number of benzene rings is 10. The number of carbonyl (C=O) groups excluding carboxylic acids is 4. The van der Waals surface area contributed by atoms with Gasteiger partial charge in [-0.25, -0.2) is 24.5 Å². The predicted octanol–water partition coefficient (Wildman–Crippen LogP) is 22.4. The van der Waals surface area contributed by atoms with Gasteiger partial charge in [-0.3, -0.25) is 39.1 Å². The summed E-state index contributed by atoms with van der Waals surface area (Å²) in [6.45, 7) is 12.7. The molecule has 0 bridgehead atoms. The number of nitrogens with zero attached hydrogens (tertiary/aromatic N) is 6. The van der Waals surface area contributed by atoms with Crippen LogP contribution in [0.15, 0.2) is 286 Å². The molecule has 0 spiro atoms. The highest BCUT2D eigenvalue weighted by Crippen LogP contribution is 2.37. The number of furan rings is 1. The van der Waals surface area contributed by atoms with Gasteiger partial charge in [0.15, 0.2) is 5.60 Å². The Morgan fingerprint density at radius 1 is 0.542 bits per heavy atom. The zero-order chi connectivity index (χ0) is 102. The summed E-state index contributed by atoms with van der Waals surface area (Å²) in [5.41, 5.74) is 8.36. The van der Waals surface area contributed by atoms with Gasteiger partial charge < -0.3 is 67.1 Å². The molecule has 0 saturated carbocycles. The molecule has 14 aromatic rings. The summed E-state index contributed by atoms with van der Waals surface area (Å²) in [6.07, 6.45) is -6.84. The first-order chi connectivity index (χ1) is 68.0. The number of aromatic nitrogens is 3. The number of oxime groups is 1. The number of methoxy groups -OCH3 is 2. The van der Waals surface area contributed by atoms with E-state index in [2.05, 4.69) is 35.6 Å². The molecule has 15 rings (SSSR count). The average molecular weight is 1980 g/mol. The summed E-state index contributed by atoms with van der Waals surface area (Å²) < 4.78 is 127. The van der Waals surface area contributed by atoms with Crippen LogP contribution in [0, 0.1) is 27.7 Å². The molecule has 1 saturated heterocycles. The number of imide groups is 1. The Hall–Kier alpha value is -15.8. The fraction of sp³-hybridized carbons (Fsp3) is 0.236. The van der Waals surface area contributed by atoms with E-state index in [1.165, 1.54) is 63.7 Å². The number of rotatable bonds is 38. The Balaban J connectivity index is 0.000000170. The second-order valence-corrected chi connectivity index (χ2v) is 34.9. The molecule has 10 aromatic carbocycles. The number of hydrogen-bond acceptors (Lipinski definition) is 24. The third kappa shape index (κ3) is 31.3. The molecule has 1 aliphatic heterocycles. The number of hydrogen-bond donors (Lipinski definition) is 5. The highest BCUT2D eigenvalue weighted by Gasteiger charge is 2.35. The zero-order valence-electron chi connectivity index (χ0n) is 78.2. The third-order valence-corrected chi connectivity index (χ3v) is 23.8. The number of thiazole rings is 1. The van der Waals surface area contributed by atoms with Crippen molar-refractivity contribution < 1.29 is 122 Å². The van der Waals surface area contributed by atoms with Crippen LogP contribution in [0.25, 0.3) is 33.5 Å². The van der Waals surface area contributed by atoms with Crippen LogP contribution in [-0.4, -0.2) is 125 Å². The first-order valence-electron chi connectivity index (χ1n) is 44.3. The van der Waals surface area contributed by atoms with E-state index in [1.807, 2.05) is 167 Å². The molecule has 0 aliphatic carbocycles. The van der Waals surface area contributed by atoms with Crippen molar-refractivity contribution in [2.45, 2.75) is 136 Å². The van der Waals surface area contributed by atoms with Crippen molar-refractivity contribution in [1.29, 1.82) is 0 Å². The number of carboxylic acid groups (broad SMARTS) is 3. The highest BCUT2D eigenvalue weighted by molar-refractivity contribution is 8.15. The quantitative estimate of drug-likeness (QED) is 0.0136. The van der Waals surface area contributed by atoms with Gasteiger partial charge in [0.25, 0.3) is 11.1 Å². The fourth-order valence-corrected chi connectivity index (χ4v) is 15.9. The summed E-state index contributed by atoms with van der Waals surface area (Å²) in [7, 11) is 2.94. The van der Waals surface area contributed by atoms with Crippen molar-refractivity contribution in [2.75, 3.05) is 27.4 Å². The van der Waals surface area contributed by atoms with Gasteiger partial charge in [0.1, 0.15) is 82.2 Å². The van der Waals surface area contributed by atoms with E-state index in [1.54, 1.807) is 79.1 Å². The topological polar surface area (TPSA) is 366 Å². The average Bonchev–Trinajstić information content (AvgIpc) is 1.65. The minimum Gasteiger partial charge on any atom is -0.497 e. The number of alkyl halides is 6. The lowest BCUT2D eigenvalue weighted by atomic mass is 10.0. The van der Waals surface area contributed by atoms with Crippen LogP contribution in [0.5, 0.6) is 34.5 Å². The van der Waals surface area contributed by atoms with Crippen LogP contribution in [0.3, 0.4) is 0 Å². The maximum Gasteiger partial charge on any atom is 0.416 e. The number of ether oxygens (including phenoxy) is 6. The SMILES string of the molecule is COc1ccc(CC2SC(=O)NC2=O)cc1C(=O)NCc1ccc(C(F)(F)F)cc1.COc1ccc(OC(=O)N(CC(=O)O)Cc2ccc(OCCc3nc(-c4ccccc4)oc3C)cc2)cc1.Cc1cc(CN(Cc2ccco2)Cc2sc(-c3ccc(C(F)(F)F)cc3)nc2C)ccc1OC(C)(C)C(=O)O.Cc1oc(-c2ccccc2)nc1COc1ccc(CO/N=C(\CCC(=O)O)c2ccccc2)cc1. The molecule has 0 radical (unpaired) electrons. The lowest BCUT2D eigenvalue weighted by Crippen LogP contribution is -2.38. The monoisotopic (exact) mass is 1980 g/mol. The second kappa shape index (κ2) is 49.6. The Kier molecular flexibility index (Phi) is 36.7. The second-order valence-electron chi connectivity index (χ2n) is 32.7. The number of thioether (sulfide) groups is 1. The van der Waals surface area contributed by atoms with E-state index in [0.717, 1.165) is 119 Å². The van der Waals surface area contributed by atoms with Gasteiger partial charge in [-0.05, 0) is 214 Å². The van der Waals surface area contributed by atoms with Crippen LogP contribution in [0.4, 0.5) is 35.9 Å². The van der Waals surface area contributed by atoms with Gasteiger partial charge in [-0.1, -0.05) is 150 Å². The largest absolute Gasteiger partial charge is 0.497 e. The Bertz CT molecular complexity index is 6610. The lowest BCUT2D eigenvalue weighted by molar-refractivity contribution is -0.152. The number of carbonyl (C=O) groups is 7. The molecular weight excluding hydrogens is 1880 g/mol. The Labute approximate surface area is 821 Å². The molecule has 1 unspecified atom stereocenters. The van der Waals surface area contributed by atoms with Crippen molar-refractivity contribution in [3.63, 3.8) is 0 Å². The molecular formula is C106H100F6N8O20S2. The van der Waals surface area contributed by atoms with E-state index in [-0.39, 0.29) is 49.8 Å².